The van der Waals surface area contributed by atoms with Crippen molar-refractivity contribution in [1.29, 1.82) is 0 Å². The van der Waals surface area contributed by atoms with Gasteiger partial charge in [-0.1, -0.05) is 12.1 Å². The molecule has 3 heterocycles. The number of nitrogen functional groups attached to an aromatic ring is 1. The number of amides is 1. The van der Waals surface area contributed by atoms with Gasteiger partial charge in [0.25, 0.3) is 0 Å². The number of rotatable bonds is 3. The Labute approximate surface area is 180 Å². The minimum Gasteiger partial charge on any atom is -0.508 e. The Kier molecular flexibility index (Phi) is 5.22. The third-order valence-electron chi connectivity index (χ3n) is 5.44. The number of nitrogens with two attached hydrogens (primary N) is 1. The molecule has 1 fully saturated rings. The number of carbonyl (C=O) groups is 1. The van der Waals surface area contributed by atoms with Crippen molar-refractivity contribution >= 4 is 22.9 Å². The lowest BCUT2D eigenvalue weighted by atomic mass is 10.1. The van der Waals surface area contributed by atoms with Crippen LogP contribution in [-0.2, 0) is 4.74 Å². The number of phenolic OH excluding ortho intramolecular Hbond substituents is 1. The summed E-state index contributed by atoms with van der Waals surface area (Å²) in [5.74, 6) is 0.527. The summed E-state index contributed by atoms with van der Waals surface area (Å²) in [7, 11) is 0. The summed E-state index contributed by atoms with van der Waals surface area (Å²) in [6.45, 7) is 5.67. The van der Waals surface area contributed by atoms with Gasteiger partial charge in [-0.2, -0.15) is 0 Å². The van der Waals surface area contributed by atoms with Gasteiger partial charge in [-0.05, 0) is 44.9 Å². The molecule has 4 rings (SSSR count). The van der Waals surface area contributed by atoms with Crippen molar-refractivity contribution in [1.82, 2.24) is 19.4 Å². The van der Waals surface area contributed by atoms with Crippen LogP contribution in [0, 0.1) is 0 Å². The molecular formula is C22H27N5O4. The van der Waals surface area contributed by atoms with E-state index in [9.17, 15) is 15.0 Å². The fourth-order valence-corrected chi connectivity index (χ4v) is 4.06. The van der Waals surface area contributed by atoms with Gasteiger partial charge in [-0.3, -0.25) is 0 Å². The van der Waals surface area contributed by atoms with E-state index >= 15 is 0 Å². The molecule has 2 aromatic heterocycles. The van der Waals surface area contributed by atoms with Gasteiger partial charge in [0.15, 0.2) is 0 Å². The van der Waals surface area contributed by atoms with Crippen LogP contribution in [0.5, 0.6) is 5.75 Å². The highest BCUT2D eigenvalue weighted by Gasteiger charge is 2.38. The number of likely N-dealkylation sites (tertiary alicyclic amines) is 1. The standard InChI is InChI=1S/C22H27N5O4/c1-22(2,3)31-21(30)27-9-14(8-15(27)11-28)26-10-17(13-4-6-16(29)7-5-13)18-19(23)24-12-25-20(18)26/h4-7,10,12,14-15,28-29H,8-9,11H2,1-3H3,(H2,23,24,25)/t14-,15+/m0/s1. The fourth-order valence-electron chi connectivity index (χ4n) is 4.06. The molecule has 0 aliphatic carbocycles. The van der Waals surface area contributed by atoms with Crippen LogP contribution in [-0.4, -0.2) is 60.5 Å². The van der Waals surface area contributed by atoms with Crippen molar-refractivity contribution in [2.24, 2.45) is 0 Å². The van der Waals surface area contributed by atoms with Gasteiger partial charge in [0.05, 0.1) is 24.1 Å². The third kappa shape index (κ3) is 4.00. The molecule has 1 aromatic carbocycles. The minimum atomic E-state index is -0.622. The number of fused-ring (bicyclic) bond motifs is 1. The van der Waals surface area contributed by atoms with Gasteiger partial charge < -0.3 is 30.2 Å². The van der Waals surface area contributed by atoms with Crippen LogP contribution < -0.4 is 5.73 Å². The van der Waals surface area contributed by atoms with E-state index < -0.39 is 11.7 Å². The number of hydrogen-bond acceptors (Lipinski definition) is 7. The second-order valence-corrected chi connectivity index (χ2v) is 8.81. The van der Waals surface area contributed by atoms with E-state index in [0.717, 1.165) is 11.1 Å². The summed E-state index contributed by atoms with van der Waals surface area (Å²) < 4.78 is 7.52. The van der Waals surface area contributed by atoms with Crippen LogP contribution in [0.4, 0.5) is 10.6 Å². The number of hydrogen-bond donors (Lipinski definition) is 3. The molecule has 1 amide bonds. The molecule has 1 aliphatic heterocycles. The van der Waals surface area contributed by atoms with Crippen LogP contribution in [0.1, 0.15) is 33.2 Å². The fraction of sp³-hybridized carbons (Fsp3) is 0.409. The second-order valence-electron chi connectivity index (χ2n) is 8.81. The van der Waals surface area contributed by atoms with Gasteiger partial charge in [0.1, 0.15) is 29.1 Å². The molecule has 0 bridgehead atoms. The van der Waals surface area contributed by atoms with E-state index in [4.69, 9.17) is 10.5 Å². The summed E-state index contributed by atoms with van der Waals surface area (Å²) >= 11 is 0. The van der Waals surface area contributed by atoms with Crippen LogP contribution >= 0.6 is 0 Å². The summed E-state index contributed by atoms with van der Waals surface area (Å²) in [6, 6.07) is 6.36. The molecule has 0 unspecified atom stereocenters. The molecule has 164 valence electrons. The Morgan fingerprint density at radius 3 is 2.61 bits per heavy atom. The van der Waals surface area contributed by atoms with Crippen molar-refractivity contribution in [2.45, 2.75) is 44.9 Å². The van der Waals surface area contributed by atoms with Crippen molar-refractivity contribution in [3.63, 3.8) is 0 Å². The van der Waals surface area contributed by atoms with E-state index in [2.05, 4.69) is 9.97 Å². The highest BCUT2D eigenvalue weighted by molar-refractivity contribution is 6.00. The largest absolute Gasteiger partial charge is 0.508 e. The average molecular weight is 425 g/mol. The second kappa shape index (κ2) is 7.73. The van der Waals surface area contributed by atoms with Crippen molar-refractivity contribution < 1.29 is 19.7 Å². The molecule has 0 spiro atoms. The van der Waals surface area contributed by atoms with Crippen molar-refractivity contribution in [3.05, 3.63) is 36.8 Å². The van der Waals surface area contributed by atoms with Crippen molar-refractivity contribution in [3.8, 4) is 16.9 Å². The van der Waals surface area contributed by atoms with E-state index in [0.29, 0.717) is 29.8 Å². The van der Waals surface area contributed by atoms with Crippen LogP contribution in [0.2, 0.25) is 0 Å². The van der Waals surface area contributed by atoms with Gasteiger partial charge in [0.2, 0.25) is 0 Å². The molecule has 0 radical (unpaired) electrons. The average Bonchev–Trinajstić information content (AvgIpc) is 3.30. The first kappa shape index (κ1) is 20.9. The molecule has 1 aliphatic rings. The predicted molar refractivity (Wildman–Crippen MR) is 117 cm³/mol. The number of ether oxygens (including phenoxy) is 1. The van der Waals surface area contributed by atoms with Crippen LogP contribution in [0.3, 0.4) is 0 Å². The maximum absolute atomic E-state index is 12.7. The smallest absolute Gasteiger partial charge is 0.410 e. The molecule has 1 saturated heterocycles. The Balaban J connectivity index is 1.74. The Morgan fingerprint density at radius 2 is 1.97 bits per heavy atom. The van der Waals surface area contributed by atoms with Crippen LogP contribution in [0.15, 0.2) is 36.8 Å². The molecule has 2 atom stereocenters. The number of phenols is 1. The molecule has 4 N–H and O–H groups in total. The van der Waals surface area contributed by atoms with Crippen LogP contribution in [0.25, 0.3) is 22.2 Å². The van der Waals surface area contributed by atoms with Crippen molar-refractivity contribution in [2.75, 3.05) is 18.9 Å². The lowest BCUT2D eigenvalue weighted by Gasteiger charge is -2.27. The molecule has 9 heteroatoms. The normalized spacial score (nSPS) is 19.2. The SMILES string of the molecule is CC(C)(C)OC(=O)N1C[C@@H](n2cc(-c3ccc(O)cc3)c3c(N)ncnc32)C[C@@H]1CO. The highest BCUT2D eigenvalue weighted by Crippen LogP contribution is 2.38. The monoisotopic (exact) mass is 425 g/mol. The summed E-state index contributed by atoms with van der Waals surface area (Å²) in [5, 5.41) is 20.2. The van der Waals surface area contributed by atoms with E-state index in [1.807, 2.05) is 31.5 Å². The number of aromatic hydroxyl groups is 1. The summed E-state index contributed by atoms with van der Waals surface area (Å²) in [6.07, 6.45) is 3.47. The molecule has 9 nitrogen and oxygen atoms in total. The van der Waals surface area contributed by atoms with Gasteiger partial charge in [-0.15, -0.1) is 0 Å². The topological polar surface area (TPSA) is 127 Å². The molecular weight excluding hydrogens is 398 g/mol. The Morgan fingerprint density at radius 1 is 1.26 bits per heavy atom. The highest BCUT2D eigenvalue weighted by atomic mass is 16.6. The maximum atomic E-state index is 12.7. The lowest BCUT2D eigenvalue weighted by Crippen LogP contribution is -2.41. The zero-order valence-corrected chi connectivity index (χ0v) is 17.8. The summed E-state index contributed by atoms with van der Waals surface area (Å²) in [4.78, 5) is 22.9. The predicted octanol–water partition coefficient (Wildman–Crippen LogP) is 2.93. The van der Waals surface area contributed by atoms with E-state index in [-0.39, 0.29) is 24.4 Å². The minimum absolute atomic E-state index is 0.118. The first-order chi connectivity index (χ1) is 14.7. The Bertz CT molecular complexity index is 1100. The van der Waals surface area contributed by atoms with E-state index in [1.54, 1.807) is 29.2 Å². The zero-order chi connectivity index (χ0) is 22.3. The number of aliphatic hydroxyl groups is 1. The first-order valence-electron chi connectivity index (χ1n) is 10.2. The number of aliphatic hydroxyl groups excluding tert-OH is 1. The number of nitrogens with zero attached hydrogens (tertiary/aromatic N) is 4. The number of carbonyl (C=O) groups excluding carboxylic acids is 1. The third-order valence-corrected chi connectivity index (χ3v) is 5.44. The maximum Gasteiger partial charge on any atom is 0.410 e. The number of benzene rings is 1. The molecule has 3 aromatic rings. The number of aromatic nitrogens is 3. The molecule has 31 heavy (non-hydrogen) atoms. The summed E-state index contributed by atoms with van der Waals surface area (Å²) in [5.41, 5.74) is 7.93. The van der Waals surface area contributed by atoms with E-state index in [1.165, 1.54) is 6.33 Å². The molecule has 0 saturated carbocycles. The number of anilines is 1. The quantitative estimate of drug-likeness (QED) is 0.589. The first-order valence-corrected chi connectivity index (χ1v) is 10.2. The lowest BCUT2D eigenvalue weighted by molar-refractivity contribution is 0.0173. The van der Waals surface area contributed by atoms with Gasteiger partial charge in [0, 0.05) is 18.3 Å². The van der Waals surface area contributed by atoms with Gasteiger partial charge in [-0.25, -0.2) is 14.8 Å². The zero-order valence-electron chi connectivity index (χ0n) is 17.8. The van der Waals surface area contributed by atoms with Gasteiger partial charge >= 0.3 is 6.09 Å². The Hall–Kier alpha value is -3.33.